The average Bonchev–Trinajstić information content (AvgIpc) is 2.46. The number of carboxylic acids is 1. The fourth-order valence-corrected chi connectivity index (χ4v) is 2.39. The smallest absolute Gasteiger partial charge is 0.417 e. The third kappa shape index (κ3) is 4.84. The normalized spacial score (nSPS) is 15.9. The van der Waals surface area contributed by atoms with Gasteiger partial charge in [-0.2, -0.15) is 13.2 Å². The van der Waals surface area contributed by atoms with E-state index in [4.69, 9.17) is 5.11 Å². The van der Waals surface area contributed by atoms with E-state index < -0.39 is 23.6 Å². The van der Waals surface area contributed by atoms with E-state index in [1.165, 1.54) is 17.0 Å². The summed E-state index contributed by atoms with van der Waals surface area (Å²) in [5, 5.41) is 8.70. The number of piperazine rings is 1. The number of amides is 1. The number of carbonyl (C=O) groups is 2. The van der Waals surface area contributed by atoms with Crippen molar-refractivity contribution in [3.63, 3.8) is 0 Å². The molecule has 0 aliphatic carbocycles. The Balaban J connectivity index is 0.00000264. The van der Waals surface area contributed by atoms with Gasteiger partial charge >= 0.3 is 12.1 Å². The van der Waals surface area contributed by atoms with Crippen LogP contribution in [-0.4, -0.2) is 59.5 Å². The van der Waals surface area contributed by atoms with Crippen LogP contribution in [0.1, 0.15) is 15.9 Å². The average molecular weight is 353 g/mol. The van der Waals surface area contributed by atoms with Gasteiger partial charge in [-0.3, -0.25) is 14.5 Å². The third-order valence-corrected chi connectivity index (χ3v) is 3.48. The molecule has 1 amide bonds. The molecule has 0 bridgehead atoms. The number of aliphatic carboxylic acids is 1. The van der Waals surface area contributed by atoms with Crippen LogP contribution in [0.15, 0.2) is 24.3 Å². The molecule has 1 aromatic carbocycles. The maximum atomic E-state index is 12.9. The number of hydrogen-bond donors (Lipinski definition) is 1. The van der Waals surface area contributed by atoms with Crippen LogP contribution in [0.3, 0.4) is 0 Å². The molecule has 0 unspecified atom stereocenters. The Hall–Kier alpha value is -1.80. The second-order valence-corrected chi connectivity index (χ2v) is 5.01. The largest absolute Gasteiger partial charge is 0.480 e. The predicted molar refractivity (Wildman–Crippen MR) is 78.7 cm³/mol. The molecule has 128 valence electrons. The monoisotopic (exact) mass is 352 g/mol. The molecule has 1 aromatic rings. The van der Waals surface area contributed by atoms with Crippen molar-refractivity contribution in [2.45, 2.75) is 6.18 Å². The molecule has 1 fully saturated rings. The van der Waals surface area contributed by atoms with Crippen LogP contribution in [0.25, 0.3) is 0 Å². The van der Waals surface area contributed by atoms with Gasteiger partial charge in [0, 0.05) is 26.2 Å². The zero-order valence-corrected chi connectivity index (χ0v) is 12.9. The Kier molecular flexibility index (Phi) is 6.40. The standard InChI is InChI=1S/C14H15F3N2O3.ClH/c15-14(16,17)11-4-2-1-3-10(11)13(22)19-7-5-18(6-8-19)9-12(20)21;/h1-4H,5-9H2,(H,20,21);1H. The highest BCUT2D eigenvalue weighted by molar-refractivity contribution is 5.96. The molecule has 0 radical (unpaired) electrons. The number of benzene rings is 1. The van der Waals surface area contributed by atoms with Gasteiger partial charge < -0.3 is 10.0 Å². The summed E-state index contributed by atoms with van der Waals surface area (Å²) in [6, 6.07) is 4.68. The summed E-state index contributed by atoms with van der Waals surface area (Å²) >= 11 is 0. The molecule has 1 aliphatic heterocycles. The summed E-state index contributed by atoms with van der Waals surface area (Å²) < 4.78 is 38.8. The van der Waals surface area contributed by atoms with E-state index in [0.717, 1.165) is 12.1 Å². The van der Waals surface area contributed by atoms with Crippen molar-refractivity contribution >= 4 is 24.3 Å². The zero-order chi connectivity index (χ0) is 16.3. The summed E-state index contributed by atoms with van der Waals surface area (Å²) in [7, 11) is 0. The molecule has 2 rings (SSSR count). The van der Waals surface area contributed by atoms with E-state index in [0.29, 0.717) is 13.1 Å². The van der Waals surface area contributed by atoms with Crippen molar-refractivity contribution in [1.29, 1.82) is 0 Å². The van der Waals surface area contributed by atoms with Crippen LogP contribution in [0.4, 0.5) is 13.2 Å². The van der Waals surface area contributed by atoms with Crippen molar-refractivity contribution in [3.05, 3.63) is 35.4 Å². The van der Waals surface area contributed by atoms with Gasteiger partial charge in [0.2, 0.25) is 0 Å². The van der Waals surface area contributed by atoms with E-state index in [2.05, 4.69) is 0 Å². The number of alkyl halides is 3. The number of hydrogen-bond acceptors (Lipinski definition) is 3. The zero-order valence-electron chi connectivity index (χ0n) is 12.0. The minimum absolute atomic E-state index is 0. The van der Waals surface area contributed by atoms with Crippen molar-refractivity contribution in [1.82, 2.24) is 9.80 Å². The number of carbonyl (C=O) groups excluding carboxylic acids is 1. The van der Waals surface area contributed by atoms with Gasteiger partial charge in [0.15, 0.2) is 0 Å². The molecule has 0 aromatic heterocycles. The Morgan fingerprint density at radius 3 is 2.17 bits per heavy atom. The number of rotatable bonds is 3. The molecule has 1 aliphatic rings. The Morgan fingerprint density at radius 1 is 1.09 bits per heavy atom. The Bertz CT molecular complexity index is 573. The van der Waals surface area contributed by atoms with Gasteiger partial charge in [-0.05, 0) is 12.1 Å². The SMILES string of the molecule is Cl.O=C(O)CN1CCN(C(=O)c2ccccc2C(F)(F)F)CC1. The van der Waals surface area contributed by atoms with Crippen LogP contribution in [0.5, 0.6) is 0 Å². The molecule has 0 spiro atoms. The Morgan fingerprint density at radius 2 is 1.65 bits per heavy atom. The van der Waals surface area contributed by atoms with Crippen LogP contribution in [-0.2, 0) is 11.0 Å². The maximum Gasteiger partial charge on any atom is 0.417 e. The summed E-state index contributed by atoms with van der Waals surface area (Å²) in [4.78, 5) is 25.9. The van der Waals surface area contributed by atoms with E-state index in [1.54, 1.807) is 4.90 Å². The quantitative estimate of drug-likeness (QED) is 0.903. The lowest BCUT2D eigenvalue weighted by molar-refractivity contribution is -0.139. The number of nitrogens with zero attached hydrogens (tertiary/aromatic N) is 2. The summed E-state index contributed by atoms with van der Waals surface area (Å²) in [6.07, 6.45) is -4.59. The van der Waals surface area contributed by atoms with Crippen LogP contribution >= 0.6 is 12.4 Å². The highest BCUT2D eigenvalue weighted by Crippen LogP contribution is 2.32. The lowest BCUT2D eigenvalue weighted by Crippen LogP contribution is -2.50. The van der Waals surface area contributed by atoms with Gasteiger partial charge in [-0.15, -0.1) is 12.4 Å². The van der Waals surface area contributed by atoms with Gasteiger partial charge in [-0.25, -0.2) is 0 Å². The van der Waals surface area contributed by atoms with Crippen molar-refractivity contribution in [2.75, 3.05) is 32.7 Å². The summed E-state index contributed by atoms with van der Waals surface area (Å²) in [5.74, 6) is -1.65. The van der Waals surface area contributed by atoms with Crippen LogP contribution in [0, 0.1) is 0 Å². The van der Waals surface area contributed by atoms with E-state index >= 15 is 0 Å². The second kappa shape index (κ2) is 7.65. The highest BCUT2D eigenvalue weighted by Gasteiger charge is 2.36. The molecule has 0 saturated carbocycles. The second-order valence-electron chi connectivity index (χ2n) is 5.01. The van der Waals surface area contributed by atoms with Gasteiger partial charge in [-0.1, -0.05) is 12.1 Å². The molecule has 5 nitrogen and oxygen atoms in total. The van der Waals surface area contributed by atoms with E-state index in [9.17, 15) is 22.8 Å². The first-order chi connectivity index (χ1) is 10.3. The predicted octanol–water partition coefficient (Wildman–Crippen LogP) is 1.97. The van der Waals surface area contributed by atoms with Crippen molar-refractivity contribution < 1.29 is 27.9 Å². The summed E-state index contributed by atoms with van der Waals surface area (Å²) in [6.45, 7) is 0.927. The molecule has 1 heterocycles. The van der Waals surface area contributed by atoms with Gasteiger partial charge in [0.25, 0.3) is 5.91 Å². The third-order valence-electron chi connectivity index (χ3n) is 3.48. The molecular formula is C14H16ClF3N2O3. The first kappa shape index (κ1) is 19.2. The number of halogens is 4. The lowest BCUT2D eigenvalue weighted by Gasteiger charge is -2.34. The fourth-order valence-electron chi connectivity index (χ4n) is 2.39. The minimum Gasteiger partial charge on any atom is -0.480 e. The fraction of sp³-hybridized carbons (Fsp3) is 0.429. The van der Waals surface area contributed by atoms with E-state index in [-0.39, 0.29) is 37.6 Å². The number of carboxylic acid groups (broad SMARTS) is 1. The van der Waals surface area contributed by atoms with Crippen LogP contribution in [0.2, 0.25) is 0 Å². The molecule has 1 saturated heterocycles. The molecule has 23 heavy (non-hydrogen) atoms. The van der Waals surface area contributed by atoms with Gasteiger partial charge in [0.05, 0.1) is 17.7 Å². The summed E-state index contributed by atoms with van der Waals surface area (Å²) in [5.41, 5.74) is -1.32. The van der Waals surface area contributed by atoms with Crippen LogP contribution < -0.4 is 0 Å². The molecule has 9 heteroatoms. The first-order valence-corrected chi connectivity index (χ1v) is 6.68. The molecular weight excluding hydrogens is 337 g/mol. The topological polar surface area (TPSA) is 60.9 Å². The van der Waals surface area contributed by atoms with E-state index in [1.807, 2.05) is 0 Å². The molecule has 1 N–H and O–H groups in total. The van der Waals surface area contributed by atoms with Gasteiger partial charge in [0.1, 0.15) is 0 Å². The maximum absolute atomic E-state index is 12.9. The lowest BCUT2D eigenvalue weighted by atomic mass is 10.1. The van der Waals surface area contributed by atoms with Crippen molar-refractivity contribution in [2.24, 2.45) is 0 Å². The first-order valence-electron chi connectivity index (χ1n) is 6.68. The van der Waals surface area contributed by atoms with Crippen molar-refractivity contribution in [3.8, 4) is 0 Å². The Labute approximate surface area is 137 Å². The minimum atomic E-state index is -4.59. The molecule has 0 atom stereocenters. The highest BCUT2D eigenvalue weighted by atomic mass is 35.5.